The molecule has 0 saturated carbocycles. The van der Waals surface area contributed by atoms with E-state index in [0.29, 0.717) is 24.0 Å². The molecule has 5 nitrogen and oxygen atoms in total. The van der Waals surface area contributed by atoms with Crippen molar-refractivity contribution in [1.29, 1.82) is 0 Å². The second kappa shape index (κ2) is 7.56. The number of pyridine rings is 1. The fourth-order valence-electron chi connectivity index (χ4n) is 2.32. The van der Waals surface area contributed by atoms with Gasteiger partial charge < -0.3 is 5.32 Å². The molecule has 0 aliphatic carbocycles. The van der Waals surface area contributed by atoms with E-state index in [4.69, 9.17) is 11.6 Å². The zero-order valence-electron chi connectivity index (χ0n) is 11.3. The highest BCUT2D eigenvalue weighted by molar-refractivity contribution is 7.89. The molecule has 2 rings (SSSR count). The molecule has 0 spiro atoms. The van der Waals surface area contributed by atoms with Crippen molar-refractivity contribution in [2.24, 2.45) is 5.92 Å². The number of hydrogen-bond donors (Lipinski definition) is 1. The minimum absolute atomic E-state index is 0. The summed E-state index contributed by atoms with van der Waals surface area (Å²) in [6.45, 7) is 2.05. The van der Waals surface area contributed by atoms with Crippen LogP contribution in [0.1, 0.15) is 12.8 Å². The normalized spacial score (nSPS) is 17.7. The Bertz CT molecular complexity index is 531. The van der Waals surface area contributed by atoms with Gasteiger partial charge in [-0.05, 0) is 38.4 Å². The number of rotatable bonds is 4. The summed E-state index contributed by atoms with van der Waals surface area (Å²) in [5.74, 6) is 0.550. The minimum atomic E-state index is -3.46. The predicted octanol–water partition coefficient (Wildman–Crippen LogP) is 1.78. The number of nitrogens with one attached hydrogen (secondary N) is 1. The molecule has 1 aromatic heterocycles. The van der Waals surface area contributed by atoms with Crippen LogP contribution in [0.15, 0.2) is 23.4 Å². The first-order valence-electron chi connectivity index (χ1n) is 6.29. The summed E-state index contributed by atoms with van der Waals surface area (Å²) < 4.78 is 26.4. The predicted molar refractivity (Wildman–Crippen MR) is 81.9 cm³/mol. The van der Waals surface area contributed by atoms with E-state index in [1.165, 1.54) is 22.8 Å². The molecule has 114 valence electrons. The zero-order valence-corrected chi connectivity index (χ0v) is 13.6. The fraction of sp³-hybridized carbons (Fsp3) is 0.583. The molecule has 0 atom stereocenters. The summed E-state index contributed by atoms with van der Waals surface area (Å²) in [6.07, 6.45) is 4.54. The molecule has 1 saturated heterocycles. The van der Waals surface area contributed by atoms with E-state index in [1.807, 2.05) is 7.05 Å². The van der Waals surface area contributed by atoms with E-state index >= 15 is 0 Å². The third-order valence-electron chi connectivity index (χ3n) is 3.38. The van der Waals surface area contributed by atoms with E-state index in [-0.39, 0.29) is 17.3 Å². The Morgan fingerprint density at radius 1 is 1.40 bits per heavy atom. The first kappa shape index (κ1) is 17.7. The van der Waals surface area contributed by atoms with Gasteiger partial charge in [0.05, 0.1) is 5.02 Å². The van der Waals surface area contributed by atoms with Gasteiger partial charge in [-0.25, -0.2) is 8.42 Å². The lowest BCUT2D eigenvalue weighted by Crippen LogP contribution is -2.40. The average Bonchev–Trinajstić information content (AvgIpc) is 2.40. The van der Waals surface area contributed by atoms with E-state index in [9.17, 15) is 8.42 Å². The SMILES string of the molecule is CNCC1CCN(S(=O)(=O)c2cncc(Cl)c2)CC1.Cl. The lowest BCUT2D eigenvalue weighted by atomic mass is 9.98. The Balaban J connectivity index is 0.00000200. The molecule has 1 fully saturated rings. The highest BCUT2D eigenvalue weighted by Gasteiger charge is 2.29. The third-order valence-corrected chi connectivity index (χ3v) is 5.45. The number of piperidine rings is 1. The Morgan fingerprint density at radius 2 is 2.05 bits per heavy atom. The maximum atomic E-state index is 12.4. The maximum absolute atomic E-state index is 12.4. The highest BCUT2D eigenvalue weighted by Crippen LogP contribution is 2.24. The molecule has 0 aromatic carbocycles. The first-order valence-corrected chi connectivity index (χ1v) is 8.11. The Hall–Kier alpha value is -0.400. The molecule has 20 heavy (non-hydrogen) atoms. The van der Waals surface area contributed by atoms with Crippen molar-refractivity contribution in [3.05, 3.63) is 23.5 Å². The zero-order chi connectivity index (χ0) is 13.9. The summed E-state index contributed by atoms with van der Waals surface area (Å²) in [5, 5.41) is 3.47. The van der Waals surface area contributed by atoms with Gasteiger partial charge in [-0.2, -0.15) is 4.31 Å². The van der Waals surface area contributed by atoms with E-state index in [1.54, 1.807) is 0 Å². The van der Waals surface area contributed by atoms with Crippen molar-refractivity contribution < 1.29 is 8.42 Å². The molecule has 0 bridgehead atoms. The smallest absolute Gasteiger partial charge is 0.244 e. The van der Waals surface area contributed by atoms with Crippen LogP contribution in [-0.4, -0.2) is 44.4 Å². The van der Waals surface area contributed by atoms with Crippen molar-refractivity contribution in [3.63, 3.8) is 0 Å². The fourth-order valence-corrected chi connectivity index (χ4v) is 4.02. The summed E-state index contributed by atoms with van der Waals surface area (Å²) in [6, 6.07) is 1.45. The monoisotopic (exact) mass is 339 g/mol. The lowest BCUT2D eigenvalue weighted by molar-refractivity contribution is 0.270. The molecule has 1 aromatic rings. The van der Waals surface area contributed by atoms with Crippen LogP contribution in [0.2, 0.25) is 5.02 Å². The van der Waals surface area contributed by atoms with Crippen LogP contribution < -0.4 is 5.32 Å². The maximum Gasteiger partial charge on any atom is 0.244 e. The molecular weight excluding hydrogens is 321 g/mol. The van der Waals surface area contributed by atoms with Crippen LogP contribution in [-0.2, 0) is 10.0 Å². The number of hydrogen-bond acceptors (Lipinski definition) is 4. The molecule has 1 aliphatic rings. The van der Waals surface area contributed by atoms with Crippen LogP contribution in [0.3, 0.4) is 0 Å². The molecule has 0 unspecified atom stereocenters. The van der Waals surface area contributed by atoms with Gasteiger partial charge >= 0.3 is 0 Å². The lowest BCUT2D eigenvalue weighted by Gasteiger charge is -2.31. The largest absolute Gasteiger partial charge is 0.319 e. The van der Waals surface area contributed by atoms with Gasteiger partial charge in [-0.15, -0.1) is 12.4 Å². The average molecular weight is 340 g/mol. The van der Waals surface area contributed by atoms with Crippen molar-refractivity contribution in [2.75, 3.05) is 26.7 Å². The van der Waals surface area contributed by atoms with Gasteiger partial charge in [0.1, 0.15) is 4.90 Å². The van der Waals surface area contributed by atoms with E-state index in [2.05, 4.69) is 10.3 Å². The van der Waals surface area contributed by atoms with Crippen LogP contribution in [0, 0.1) is 5.92 Å². The van der Waals surface area contributed by atoms with Gasteiger partial charge in [-0.1, -0.05) is 11.6 Å². The quantitative estimate of drug-likeness (QED) is 0.908. The van der Waals surface area contributed by atoms with Gasteiger partial charge in [-0.3, -0.25) is 4.98 Å². The third kappa shape index (κ3) is 4.05. The highest BCUT2D eigenvalue weighted by atomic mass is 35.5. The number of halogens is 2. The summed E-state index contributed by atoms with van der Waals surface area (Å²) in [7, 11) is -1.54. The van der Waals surface area contributed by atoms with E-state index < -0.39 is 10.0 Å². The second-order valence-corrected chi connectivity index (χ2v) is 7.12. The van der Waals surface area contributed by atoms with Gasteiger partial charge in [0.25, 0.3) is 0 Å². The van der Waals surface area contributed by atoms with Crippen LogP contribution in [0.5, 0.6) is 0 Å². The molecule has 1 N–H and O–H groups in total. The second-order valence-electron chi connectivity index (χ2n) is 4.74. The van der Waals surface area contributed by atoms with Gasteiger partial charge in [0.2, 0.25) is 10.0 Å². The summed E-state index contributed by atoms with van der Waals surface area (Å²) in [5.41, 5.74) is 0. The van der Waals surface area contributed by atoms with Crippen LogP contribution in [0.4, 0.5) is 0 Å². The summed E-state index contributed by atoms with van der Waals surface area (Å²) >= 11 is 5.80. The number of nitrogens with zero attached hydrogens (tertiary/aromatic N) is 2. The molecule has 1 aliphatic heterocycles. The van der Waals surface area contributed by atoms with Gasteiger partial charge in [0, 0.05) is 25.5 Å². The topological polar surface area (TPSA) is 62.3 Å². The molecular formula is C12H19Cl2N3O2S. The molecule has 0 radical (unpaired) electrons. The van der Waals surface area contributed by atoms with Crippen molar-refractivity contribution in [1.82, 2.24) is 14.6 Å². The van der Waals surface area contributed by atoms with Crippen molar-refractivity contribution >= 4 is 34.0 Å². The minimum Gasteiger partial charge on any atom is -0.319 e. The standard InChI is InChI=1S/C12H18ClN3O2S.ClH/c1-14-7-10-2-4-16(5-3-10)19(17,18)12-6-11(13)8-15-9-12;/h6,8-10,14H,2-5,7H2,1H3;1H. The van der Waals surface area contributed by atoms with Crippen LogP contribution in [0.25, 0.3) is 0 Å². The Kier molecular flexibility index (Phi) is 6.68. The molecule has 2 heterocycles. The Labute approximate surface area is 131 Å². The number of sulfonamides is 1. The Morgan fingerprint density at radius 3 is 2.60 bits per heavy atom. The van der Waals surface area contributed by atoms with E-state index in [0.717, 1.165) is 19.4 Å². The molecule has 8 heteroatoms. The van der Waals surface area contributed by atoms with Gasteiger partial charge in [0.15, 0.2) is 0 Å². The van der Waals surface area contributed by atoms with Crippen LogP contribution >= 0.6 is 24.0 Å². The summed E-state index contributed by atoms with van der Waals surface area (Å²) in [4.78, 5) is 4.02. The molecule has 0 amide bonds. The first-order chi connectivity index (χ1) is 9.04. The van der Waals surface area contributed by atoms with Crippen molar-refractivity contribution in [3.8, 4) is 0 Å². The number of aromatic nitrogens is 1. The van der Waals surface area contributed by atoms with Crippen molar-refractivity contribution in [2.45, 2.75) is 17.7 Å².